The average Bonchev–Trinajstić information content (AvgIpc) is 2.95. The summed E-state index contributed by atoms with van der Waals surface area (Å²) in [6.45, 7) is 2.04. The minimum Gasteiger partial charge on any atom is -0.307 e. The van der Waals surface area contributed by atoms with Crippen molar-refractivity contribution in [2.24, 2.45) is 0 Å². The number of nitrogens with zero attached hydrogens (tertiary/aromatic N) is 4. The van der Waals surface area contributed by atoms with Gasteiger partial charge in [-0.25, -0.2) is 4.79 Å². The van der Waals surface area contributed by atoms with Crippen LogP contribution in [-0.2, 0) is 13.1 Å². The molecule has 9 heteroatoms. The van der Waals surface area contributed by atoms with Crippen LogP contribution in [0.1, 0.15) is 5.56 Å². The van der Waals surface area contributed by atoms with Crippen LogP contribution in [0.4, 0.5) is 5.69 Å². The molecule has 0 atom stereocenters. The van der Waals surface area contributed by atoms with Gasteiger partial charge in [-0.15, -0.1) is 0 Å². The molecule has 0 aliphatic carbocycles. The van der Waals surface area contributed by atoms with E-state index in [1.54, 1.807) is 0 Å². The quantitative estimate of drug-likeness (QED) is 0.514. The minimum absolute atomic E-state index is 0.0700. The Hall–Kier alpha value is -3.49. The Labute approximate surface area is 140 Å². The first-order valence-electron chi connectivity index (χ1n) is 7.45. The van der Waals surface area contributed by atoms with Gasteiger partial charge in [0.05, 0.1) is 11.1 Å². The van der Waals surface area contributed by atoms with Gasteiger partial charge in [0.15, 0.2) is 5.82 Å². The number of nitro groups is 1. The fourth-order valence-electron chi connectivity index (χ4n) is 2.49. The lowest BCUT2D eigenvalue weighted by molar-refractivity contribution is -0.385. The number of benzene rings is 1. The Balaban J connectivity index is 1.93. The molecular weight excluding hydrogens is 328 g/mol. The standard InChI is InChI=1S/C16H14N4O5/c1-11-4-2-3-5-13(11)15-17-25-16(22)19(15)9-8-18-10-12(20(23)24)6-7-14(18)21/h2-7,10H,8-9H2,1H3. The van der Waals surface area contributed by atoms with Gasteiger partial charge < -0.3 is 4.57 Å². The number of aromatic nitrogens is 3. The van der Waals surface area contributed by atoms with Gasteiger partial charge in [0.25, 0.3) is 11.2 Å². The maximum absolute atomic E-state index is 11.9. The topological polar surface area (TPSA) is 113 Å². The Morgan fingerprint density at radius 1 is 1.16 bits per heavy atom. The Kier molecular flexibility index (Phi) is 4.29. The van der Waals surface area contributed by atoms with E-state index in [0.29, 0.717) is 5.82 Å². The molecule has 0 radical (unpaired) electrons. The van der Waals surface area contributed by atoms with Crippen LogP contribution >= 0.6 is 0 Å². The van der Waals surface area contributed by atoms with Crippen molar-refractivity contribution >= 4 is 5.69 Å². The number of hydrogen-bond donors (Lipinski definition) is 0. The van der Waals surface area contributed by atoms with Gasteiger partial charge in [0.2, 0.25) is 0 Å². The zero-order valence-corrected chi connectivity index (χ0v) is 13.3. The number of pyridine rings is 1. The largest absolute Gasteiger partial charge is 0.441 e. The molecule has 0 amide bonds. The third-order valence-corrected chi connectivity index (χ3v) is 3.82. The maximum atomic E-state index is 11.9. The molecule has 25 heavy (non-hydrogen) atoms. The molecule has 3 rings (SSSR count). The Morgan fingerprint density at radius 2 is 1.92 bits per heavy atom. The van der Waals surface area contributed by atoms with Crippen molar-refractivity contribution in [1.82, 2.24) is 14.3 Å². The molecule has 0 N–H and O–H groups in total. The molecule has 0 bridgehead atoms. The van der Waals surface area contributed by atoms with Crippen LogP contribution in [0.5, 0.6) is 0 Å². The van der Waals surface area contributed by atoms with Crippen LogP contribution in [0.15, 0.2) is 56.7 Å². The summed E-state index contributed by atoms with van der Waals surface area (Å²) in [6.07, 6.45) is 1.15. The highest BCUT2D eigenvalue weighted by molar-refractivity contribution is 5.59. The summed E-state index contributed by atoms with van der Waals surface area (Å²) in [6, 6.07) is 9.63. The van der Waals surface area contributed by atoms with Crippen molar-refractivity contribution in [2.45, 2.75) is 20.0 Å². The average molecular weight is 342 g/mol. The van der Waals surface area contributed by atoms with Crippen LogP contribution in [0.3, 0.4) is 0 Å². The highest BCUT2D eigenvalue weighted by Gasteiger charge is 2.15. The first-order chi connectivity index (χ1) is 12.0. The predicted octanol–water partition coefficient (Wildman–Crippen LogP) is 1.58. The second-order valence-electron chi connectivity index (χ2n) is 5.41. The maximum Gasteiger partial charge on any atom is 0.441 e. The lowest BCUT2D eigenvalue weighted by Crippen LogP contribution is -2.25. The van der Waals surface area contributed by atoms with Crippen molar-refractivity contribution in [2.75, 3.05) is 0 Å². The molecule has 2 heterocycles. The number of rotatable bonds is 5. The highest BCUT2D eigenvalue weighted by Crippen LogP contribution is 2.20. The van der Waals surface area contributed by atoms with Crippen LogP contribution in [0.25, 0.3) is 11.4 Å². The van der Waals surface area contributed by atoms with Crippen LogP contribution < -0.4 is 11.3 Å². The molecule has 2 aromatic heterocycles. The monoisotopic (exact) mass is 342 g/mol. The molecule has 128 valence electrons. The molecule has 0 aliphatic rings. The highest BCUT2D eigenvalue weighted by atomic mass is 16.6. The molecular formula is C16H14N4O5. The predicted molar refractivity (Wildman–Crippen MR) is 88.3 cm³/mol. The second-order valence-corrected chi connectivity index (χ2v) is 5.41. The number of aryl methyl sites for hydroxylation is 2. The van der Waals surface area contributed by atoms with E-state index in [2.05, 4.69) is 5.16 Å². The van der Waals surface area contributed by atoms with Gasteiger partial charge in [-0.05, 0) is 12.5 Å². The fourth-order valence-corrected chi connectivity index (χ4v) is 2.49. The van der Waals surface area contributed by atoms with Gasteiger partial charge in [-0.1, -0.05) is 29.4 Å². The third kappa shape index (κ3) is 3.25. The Morgan fingerprint density at radius 3 is 2.64 bits per heavy atom. The molecule has 1 aromatic carbocycles. The molecule has 9 nitrogen and oxygen atoms in total. The summed E-state index contributed by atoms with van der Waals surface area (Å²) in [5.41, 5.74) is 1.06. The van der Waals surface area contributed by atoms with Gasteiger partial charge in [-0.2, -0.15) is 0 Å². The molecule has 0 aliphatic heterocycles. The minimum atomic E-state index is -0.656. The van der Waals surface area contributed by atoms with Gasteiger partial charge in [0, 0.05) is 30.8 Å². The third-order valence-electron chi connectivity index (χ3n) is 3.82. The van der Waals surface area contributed by atoms with E-state index in [1.807, 2.05) is 31.2 Å². The van der Waals surface area contributed by atoms with Crippen molar-refractivity contribution in [1.29, 1.82) is 0 Å². The molecule has 0 saturated carbocycles. The molecule has 0 fully saturated rings. The van der Waals surface area contributed by atoms with Crippen molar-refractivity contribution < 1.29 is 9.45 Å². The van der Waals surface area contributed by atoms with Crippen LogP contribution in [0, 0.1) is 17.0 Å². The molecule has 0 saturated heterocycles. The summed E-state index contributed by atoms with van der Waals surface area (Å²) in [4.78, 5) is 34.1. The van der Waals surface area contributed by atoms with Gasteiger partial charge >= 0.3 is 5.76 Å². The lowest BCUT2D eigenvalue weighted by atomic mass is 10.1. The van der Waals surface area contributed by atoms with E-state index in [-0.39, 0.29) is 18.8 Å². The van der Waals surface area contributed by atoms with E-state index >= 15 is 0 Å². The summed E-state index contributed by atoms with van der Waals surface area (Å²) in [5.74, 6) is -0.307. The summed E-state index contributed by atoms with van der Waals surface area (Å²) >= 11 is 0. The summed E-state index contributed by atoms with van der Waals surface area (Å²) in [7, 11) is 0. The second kappa shape index (κ2) is 6.56. The molecule has 3 aromatic rings. The van der Waals surface area contributed by atoms with Crippen molar-refractivity contribution in [3.05, 3.63) is 79.2 Å². The first kappa shape index (κ1) is 16.4. The van der Waals surface area contributed by atoms with E-state index < -0.39 is 16.2 Å². The van der Waals surface area contributed by atoms with E-state index in [4.69, 9.17) is 4.52 Å². The smallest absolute Gasteiger partial charge is 0.307 e. The van der Waals surface area contributed by atoms with E-state index in [1.165, 1.54) is 9.13 Å². The number of hydrogen-bond acceptors (Lipinski definition) is 6. The zero-order valence-electron chi connectivity index (χ0n) is 13.3. The summed E-state index contributed by atoms with van der Waals surface area (Å²) in [5, 5.41) is 14.6. The SMILES string of the molecule is Cc1ccccc1-c1noc(=O)n1CCn1cc([N+](=O)[O-])ccc1=O. The fraction of sp³-hybridized carbons (Fsp3) is 0.188. The lowest BCUT2D eigenvalue weighted by Gasteiger charge is -2.08. The van der Waals surface area contributed by atoms with Crippen molar-refractivity contribution in [3.8, 4) is 11.4 Å². The van der Waals surface area contributed by atoms with Gasteiger partial charge in [-0.3, -0.25) is 24.0 Å². The van der Waals surface area contributed by atoms with Crippen LogP contribution in [0.2, 0.25) is 0 Å². The zero-order chi connectivity index (χ0) is 18.0. The normalized spacial score (nSPS) is 10.8. The van der Waals surface area contributed by atoms with E-state index in [9.17, 15) is 19.7 Å². The Bertz CT molecular complexity index is 1050. The van der Waals surface area contributed by atoms with Gasteiger partial charge in [0.1, 0.15) is 0 Å². The summed E-state index contributed by atoms with van der Waals surface area (Å²) < 4.78 is 7.23. The first-order valence-corrected chi connectivity index (χ1v) is 7.45. The van der Waals surface area contributed by atoms with Crippen LogP contribution in [-0.4, -0.2) is 19.2 Å². The molecule has 0 spiro atoms. The van der Waals surface area contributed by atoms with Crippen molar-refractivity contribution in [3.63, 3.8) is 0 Å². The van der Waals surface area contributed by atoms with E-state index in [0.717, 1.165) is 29.5 Å². The molecule has 0 unspecified atom stereocenters.